The number of halogens is 1. The first-order valence-corrected chi connectivity index (χ1v) is 9.37. The Bertz CT molecular complexity index is 807. The number of amides is 1. The molecular formula is C16H15ClN2O3S. The van der Waals surface area contributed by atoms with Gasteiger partial charge in [-0.05, 0) is 42.8 Å². The van der Waals surface area contributed by atoms with E-state index in [1.807, 2.05) is 0 Å². The van der Waals surface area contributed by atoms with Crippen LogP contribution in [0.4, 0.5) is 5.82 Å². The highest BCUT2D eigenvalue weighted by atomic mass is 35.5. The maximum Gasteiger partial charge on any atom is 0.259 e. The summed E-state index contributed by atoms with van der Waals surface area (Å²) in [6, 6.07) is 11.4. The van der Waals surface area contributed by atoms with Gasteiger partial charge in [0.1, 0.15) is 5.82 Å². The molecule has 1 aromatic carbocycles. The van der Waals surface area contributed by atoms with Gasteiger partial charge < -0.3 is 0 Å². The molecule has 2 aromatic rings. The van der Waals surface area contributed by atoms with Crippen molar-refractivity contribution >= 4 is 33.2 Å². The van der Waals surface area contributed by atoms with Gasteiger partial charge in [-0.2, -0.15) is 0 Å². The zero-order chi connectivity index (χ0) is 16.4. The zero-order valence-electron chi connectivity index (χ0n) is 12.2. The van der Waals surface area contributed by atoms with E-state index in [0.717, 1.165) is 0 Å². The molecule has 2 heterocycles. The Morgan fingerprint density at radius 3 is 2.48 bits per heavy atom. The predicted octanol–water partition coefficient (Wildman–Crippen LogP) is 2.57. The van der Waals surface area contributed by atoms with Gasteiger partial charge in [0.2, 0.25) is 0 Å². The lowest BCUT2D eigenvalue weighted by molar-refractivity contribution is 0.0978. The van der Waals surface area contributed by atoms with Crippen LogP contribution in [-0.4, -0.2) is 36.9 Å². The smallest absolute Gasteiger partial charge is 0.259 e. The van der Waals surface area contributed by atoms with Crippen molar-refractivity contribution in [3.8, 4) is 0 Å². The second-order valence-corrected chi connectivity index (χ2v) is 8.09. The molecule has 1 atom stereocenters. The van der Waals surface area contributed by atoms with Crippen LogP contribution in [0.25, 0.3) is 0 Å². The highest BCUT2D eigenvalue weighted by molar-refractivity contribution is 7.91. The number of carbonyl (C=O) groups is 1. The van der Waals surface area contributed by atoms with E-state index in [-0.39, 0.29) is 17.4 Å². The van der Waals surface area contributed by atoms with E-state index in [0.29, 0.717) is 22.8 Å². The van der Waals surface area contributed by atoms with Crippen LogP contribution in [0, 0.1) is 0 Å². The van der Waals surface area contributed by atoms with E-state index in [4.69, 9.17) is 11.6 Å². The van der Waals surface area contributed by atoms with E-state index >= 15 is 0 Å². The first-order chi connectivity index (χ1) is 11.0. The lowest BCUT2D eigenvalue weighted by Gasteiger charge is -2.27. The molecule has 1 amide bonds. The van der Waals surface area contributed by atoms with E-state index < -0.39 is 15.9 Å². The molecule has 1 unspecified atom stereocenters. The molecule has 0 aliphatic carbocycles. The van der Waals surface area contributed by atoms with Gasteiger partial charge in [0, 0.05) is 16.8 Å². The molecule has 5 nitrogen and oxygen atoms in total. The number of benzene rings is 1. The summed E-state index contributed by atoms with van der Waals surface area (Å²) in [6.07, 6.45) is 2.00. The molecule has 1 aliphatic rings. The summed E-state index contributed by atoms with van der Waals surface area (Å²) in [4.78, 5) is 18.6. The molecule has 0 spiro atoms. The van der Waals surface area contributed by atoms with Crippen molar-refractivity contribution in [2.45, 2.75) is 12.5 Å². The fourth-order valence-electron chi connectivity index (χ4n) is 2.66. The van der Waals surface area contributed by atoms with E-state index in [1.165, 1.54) is 4.90 Å². The molecule has 0 radical (unpaired) electrons. The molecule has 1 saturated heterocycles. The van der Waals surface area contributed by atoms with Crippen LogP contribution in [-0.2, 0) is 9.84 Å². The molecule has 23 heavy (non-hydrogen) atoms. The third-order valence-corrected chi connectivity index (χ3v) is 5.78. The summed E-state index contributed by atoms with van der Waals surface area (Å²) in [7, 11) is -3.11. The van der Waals surface area contributed by atoms with Gasteiger partial charge in [-0.1, -0.05) is 17.7 Å². The largest absolute Gasteiger partial charge is 0.289 e. The van der Waals surface area contributed by atoms with Crippen molar-refractivity contribution in [2.24, 2.45) is 0 Å². The fraction of sp³-hybridized carbons (Fsp3) is 0.250. The molecule has 0 saturated carbocycles. The van der Waals surface area contributed by atoms with Gasteiger partial charge in [0.05, 0.1) is 17.5 Å². The van der Waals surface area contributed by atoms with Gasteiger partial charge in [0.15, 0.2) is 9.84 Å². The average molecular weight is 351 g/mol. The summed E-state index contributed by atoms with van der Waals surface area (Å²) in [5.41, 5.74) is 0.448. The highest BCUT2D eigenvalue weighted by Gasteiger charge is 2.36. The number of aromatic nitrogens is 1. The Morgan fingerprint density at radius 1 is 1.17 bits per heavy atom. The van der Waals surface area contributed by atoms with Gasteiger partial charge in [-0.15, -0.1) is 0 Å². The molecule has 1 aliphatic heterocycles. The predicted molar refractivity (Wildman–Crippen MR) is 89.6 cm³/mol. The van der Waals surface area contributed by atoms with Crippen LogP contribution in [0.1, 0.15) is 16.8 Å². The minimum absolute atomic E-state index is 0.0388. The van der Waals surface area contributed by atoms with Crippen LogP contribution in [0.2, 0.25) is 5.02 Å². The molecule has 0 bridgehead atoms. The second kappa shape index (κ2) is 6.29. The number of rotatable bonds is 3. The molecule has 120 valence electrons. The third kappa shape index (κ3) is 3.54. The molecular weight excluding hydrogens is 336 g/mol. The van der Waals surface area contributed by atoms with Crippen molar-refractivity contribution in [1.29, 1.82) is 0 Å². The Labute approximate surface area is 139 Å². The quantitative estimate of drug-likeness (QED) is 0.853. The highest BCUT2D eigenvalue weighted by Crippen LogP contribution is 2.25. The van der Waals surface area contributed by atoms with Gasteiger partial charge in [-0.25, -0.2) is 13.4 Å². The fourth-order valence-corrected chi connectivity index (χ4v) is 4.49. The van der Waals surface area contributed by atoms with Crippen molar-refractivity contribution in [3.63, 3.8) is 0 Å². The Morgan fingerprint density at radius 2 is 1.91 bits per heavy atom. The Kier molecular flexibility index (Phi) is 4.37. The minimum atomic E-state index is -3.11. The monoisotopic (exact) mass is 350 g/mol. The molecule has 1 fully saturated rings. The van der Waals surface area contributed by atoms with Gasteiger partial charge in [0.25, 0.3) is 5.91 Å². The van der Waals surface area contributed by atoms with Gasteiger partial charge >= 0.3 is 0 Å². The van der Waals surface area contributed by atoms with Crippen LogP contribution in [0.5, 0.6) is 0 Å². The minimum Gasteiger partial charge on any atom is -0.289 e. The van der Waals surface area contributed by atoms with Crippen LogP contribution in [0.15, 0.2) is 48.7 Å². The summed E-state index contributed by atoms with van der Waals surface area (Å²) in [5, 5.41) is 0.536. The molecule has 7 heteroatoms. The van der Waals surface area contributed by atoms with Crippen LogP contribution >= 0.6 is 11.6 Å². The lowest BCUT2D eigenvalue weighted by Crippen LogP contribution is -2.41. The summed E-state index contributed by atoms with van der Waals surface area (Å²) >= 11 is 5.86. The number of anilines is 1. The topological polar surface area (TPSA) is 67.3 Å². The molecule has 1 aromatic heterocycles. The number of carbonyl (C=O) groups excluding carboxylic acids is 1. The normalized spacial score (nSPS) is 19.4. The van der Waals surface area contributed by atoms with Crippen LogP contribution in [0.3, 0.4) is 0 Å². The summed E-state index contributed by atoms with van der Waals surface area (Å²) in [6.45, 7) is 0. The first-order valence-electron chi connectivity index (χ1n) is 7.17. The Balaban J connectivity index is 1.98. The number of hydrogen-bond acceptors (Lipinski definition) is 4. The zero-order valence-corrected chi connectivity index (χ0v) is 13.8. The number of pyridine rings is 1. The number of hydrogen-bond donors (Lipinski definition) is 0. The van der Waals surface area contributed by atoms with Crippen molar-refractivity contribution in [3.05, 3.63) is 59.2 Å². The van der Waals surface area contributed by atoms with Crippen molar-refractivity contribution in [1.82, 2.24) is 4.98 Å². The third-order valence-electron chi connectivity index (χ3n) is 3.78. The Hall–Kier alpha value is -1.92. The summed E-state index contributed by atoms with van der Waals surface area (Å²) < 4.78 is 23.6. The SMILES string of the molecule is O=C(c1ccc(Cl)cc1)N(c1ccccn1)C1CCS(=O)(=O)C1. The van der Waals surface area contributed by atoms with Crippen molar-refractivity contribution in [2.75, 3.05) is 16.4 Å². The second-order valence-electron chi connectivity index (χ2n) is 5.43. The van der Waals surface area contributed by atoms with Crippen molar-refractivity contribution < 1.29 is 13.2 Å². The van der Waals surface area contributed by atoms with E-state index in [9.17, 15) is 13.2 Å². The maximum atomic E-state index is 12.9. The van der Waals surface area contributed by atoms with Gasteiger partial charge in [-0.3, -0.25) is 9.69 Å². The van der Waals surface area contributed by atoms with E-state index in [1.54, 1.807) is 48.7 Å². The average Bonchev–Trinajstić information content (AvgIpc) is 2.89. The molecule has 0 N–H and O–H groups in total. The number of nitrogens with zero attached hydrogens (tertiary/aromatic N) is 2. The number of sulfone groups is 1. The summed E-state index contributed by atoms with van der Waals surface area (Å²) in [5.74, 6) is 0.231. The lowest BCUT2D eigenvalue weighted by atomic mass is 10.1. The first kappa shape index (κ1) is 16.0. The molecule has 3 rings (SSSR count). The van der Waals surface area contributed by atoms with Crippen LogP contribution < -0.4 is 4.90 Å². The standard InChI is InChI=1S/C16H15ClN2O3S/c17-13-6-4-12(5-7-13)16(20)19(15-3-1-2-9-18-15)14-8-10-23(21,22)11-14/h1-7,9,14H,8,10-11H2. The van der Waals surface area contributed by atoms with E-state index in [2.05, 4.69) is 4.98 Å². The maximum absolute atomic E-state index is 12.9.